The van der Waals surface area contributed by atoms with Crippen molar-refractivity contribution in [3.05, 3.63) is 36.8 Å². The summed E-state index contributed by atoms with van der Waals surface area (Å²) in [6.45, 7) is 9.30. The first kappa shape index (κ1) is 11.2. The zero-order valence-electron chi connectivity index (χ0n) is 9.51. The minimum atomic E-state index is -0.139. The van der Waals surface area contributed by atoms with Crippen LogP contribution < -0.4 is 0 Å². The Balaban J connectivity index is 2.80. The predicted molar refractivity (Wildman–Crippen MR) is 65.6 cm³/mol. The average Bonchev–Trinajstić information content (AvgIpc) is 2.69. The fourth-order valence-electron chi connectivity index (χ4n) is 1.57. The Hall–Kier alpha value is -2.30. The van der Waals surface area contributed by atoms with Crippen molar-refractivity contribution in [3.63, 3.8) is 0 Å². The minimum absolute atomic E-state index is 0.00722. The van der Waals surface area contributed by atoms with E-state index in [1.165, 1.54) is 10.6 Å². The van der Waals surface area contributed by atoms with Gasteiger partial charge in [-0.1, -0.05) is 20.1 Å². The molecule has 2 N–H and O–H groups in total. The highest BCUT2D eigenvalue weighted by atomic mass is 16.3. The average molecular weight is 231 g/mol. The van der Waals surface area contributed by atoms with E-state index in [2.05, 4.69) is 23.1 Å². The molecule has 2 aromatic heterocycles. The highest BCUT2D eigenvalue weighted by Gasteiger charge is 2.13. The highest BCUT2D eigenvalue weighted by Crippen LogP contribution is 2.24. The van der Waals surface area contributed by atoms with Gasteiger partial charge in [-0.15, -0.1) is 0 Å². The van der Waals surface area contributed by atoms with Crippen molar-refractivity contribution in [3.8, 4) is 5.88 Å². The first-order valence-electron chi connectivity index (χ1n) is 5.18. The van der Waals surface area contributed by atoms with Crippen LogP contribution in [0.3, 0.4) is 0 Å². The molecule has 88 valence electrons. The maximum absolute atomic E-state index is 9.70. The molecule has 2 heterocycles. The molecule has 0 unspecified atom stereocenters. The molecule has 5 nitrogen and oxygen atoms in total. The van der Waals surface area contributed by atoms with Crippen LogP contribution in [0.5, 0.6) is 5.88 Å². The van der Waals surface area contributed by atoms with Crippen LogP contribution in [-0.2, 0) is 0 Å². The van der Waals surface area contributed by atoms with E-state index < -0.39 is 0 Å². The number of aromatic hydroxyl groups is 1. The van der Waals surface area contributed by atoms with Crippen molar-refractivity contribution in [2.24, 2.45) is 0 Å². The summed E-state index contributed by atoms with van der Waals surface area (Å²) < 4.78 is 1.48. The topological polar surface area (TPSA) is 70.7 Å². The molecule has 0 radical (unpaired) electrons. The van der Waals surface area contributed by atoms with Gasteiger partial charge in [0.25, 0.3) is 0 Å². The third-order valence-corrected chi connectivity index (χ3v) is 2.54. The molecule has 0 aliphatic heterocycles. The van der Waals surface area contributed by atoms with Crippen LogP contribution in [0.15, 0.2) is 25.4 Å². The van der Waals surface area contributed by atoms with Crippen LogP contribution in [0, 0.1) is 0 Å². The molecular weight excluding hydrogens is 218 g/mol. The summed E-state index contributed by atoms with van der Waals surface area (Å²) in [5.74, 6) is 0.159. The van der Waals surface area contributed by atoms with Crippen LogP contribution in [-0.4, -0.2) is 24.6 Å². The van der Waals surface area contributed by atoms with Gasteiger partial charge in [0.05, 0.1) is 11.9 Å². The fourth-order valence-corrected chi connectivity index (χ4v) is 1.57. The van der Waals surface area contributed by atoms with Crippen molar-refractivity contribution in [2.75, 3.05) is 0 Å². The van der Waals surface area contributed by atoms with E-state index in [9.17, 15) is 10.2 Å². The van der Waals surface area contributed by atoms with Gasteiger partial charge >= 0.3 is 0 Å². The van der Waals surface area contributed by atoms with E-state index in [1.54, 1.807) is 6.07 Å². The Morgan fingerprint density at radius 2 is 2.18 bits per heavy atom. The lowest BCUT2D eigenvalue weighted by atomic mass is 10.1. The maximum atomic E-state index is 9.70. The molecule has 0 saturated heterocycles. The maximum Gasteiger partial charge on any atom is 0.237 e. The normalized spacial score (nSPS) is 10.6. The zero-order chi connectivity index (χ0) is 12.6. The number of aromatic nitrogens is 3. The predicted octanol–water partition coefficient (Wildman–Crippen LogP) is 2.39. The van der Waals surface area contributed by atoms with Crippen molar-refractivity contribution < 1.29 is 10.2 Å². The molecule has 0 aliphatic rings. The number of aliphatic hydroxyl groups is 1. The molecule has 17 heavy (non-hydrogen) atoms. The van der Waals surface area contributed by atoms with Gasteiger partial charge in [-0.25, -0.2) is 14.4 Å². The number of nitrogens with zero attached hydrogens (tertiary/aromatic N) is 3. The van der Waals surface area contributed by atoms with Gasteiger partial charge in [-0.2, -0.15) is 0 Å². The van der Waals surface area contributed by atoms with Gasteiger partial charge in [0.15, 0.2) is 0 Å². The Kier molecular flexibility index (Phi) is 2.59. The Bertz CT molecular complexity index is 613. The number of fused-ring (bicyclic) bond motifs is 1. The number of hydrogen-bond acceptors (Lipinski definition) is 4. The number of aliphatic hydroxyl groups excluding tert-OH is 1. The highest BCUT2D eigenvalue weighted by molar-refractivity contribution is 5.67. The van der Waals surface area contributed by atoms with Gasteiger partial charge in [0, 0.05) is 0 Å². The largest absolute Gasteiger partial charge is 0.506 e. The third kappa shape index (κ3) is 1.75. The second kappa shape index (κ2) is 3.93. The minimum Gasteiger partial charge on any atom is -0.506 e. The summed E-state index contributed by atoms with van der Waals surface area (Å²) in [6.07, 6.45) is 2.02. The molecule has 0 aromatic carbocycles. The van der Waals surface area contributed by atoms with Crippen LogP contribution in [0.25, 0.3) is 17.1 Å². The first-order valence-corrected chi connectivity index (χ1v) is 5.18. The molecule has 0 bridgehead atoms. The first-order chi connectivity index (χ1) is 8.04. The number of imidazole rings is 1. The zero-order valence-corrected chi connectivity index (χ0v) is 9.51. The smallest absolute Gasteiger partial charge is 0.237 e. The van der Waals surface area contributed by atoms with Crippen LogP contribution in [0.2, 0.25) is 0 Å². The Morgan fingerprint density at radius 1 is 1.47 bits per heavy atom. The van der Waals surface area contributed by atoms with Crippen LogP contribution in [0.1, 0.15) is 24.7 Å². The molecule has 0 aliphatic carbocycles. The van der Waals surface area contributed by atoms with Crippen molar-refractivity contribution in [1.29, 1.82) is 0 Å². The lowest BCUT2D eigenvalue weighted by Gasteiger charge is -2.09. The summed E-state index contributed by atoms with van der Waals surface area (Å²) in [6, 6.07) is 1.63. The number of rotatable bonds is 3. The van der Waals surface area contributed by atoms with Crippen LogP contribution >= 0.6 is 0 Å². The molecule has 0 atom stereocenters. The summed E-state index contributed by atoms with van der Waals surface area (Å²) in [5, 5.41) is 19.1. The van der Waals surface area contributed by atoms with Gasteiger partial charge in [0.2, 0.25) is 11.7 Å². The number of allylic oxidation sites excluding steroid dienone is 1. The third-order valence-electron chi connectivity index (χ3n) is 2.54. The van der Waals surface area contributed by atoms with E-state index in [0.717, 1.165) is 5.57 Å². The second-order valence-corrected chi connectivity index (χ2v) is 3.68. The summed E-state index contributed by atoms with van der Waals surface area (Å²) in [4.78, 5) is 8.02. The molecule has 0 spiro atoms. The Morgan fingerprint density at radius 3 is 2.76 bits per heavy atom. The lowest BCUT2D eigenvalue weighted by molar-refractivity contribution is 0.447. The van der Waals surface area contributed by atoms with Gasteiger partial charge in [-0.3, -0.25) is 0 Å². The molecular formula is C12H13N3O2. The van der Waals surface area contributed by atoms with Crippen molar-refractivity contribution in [1.82, 2.24) is 14.4 Å². The summed E-state index contributed by atoms with van der Waals surface area (Å²) >= 11 is 0. The monoisotopic (exact) mass is 231 g/mol. The van der Waals surface area contributed by atoms with Gasteiger partial charge in [-0.05, 0) is 18.1 Å². The van der Waals surface area contributed by atoms with Crippen molar-refractivity contribution >= 4 is 17.1 Å². The van der Waals surface area contributed by atoms with E-state index in [0.29, 0.717) is 23.6 Å². The van der Waals surface area contributed by atoms with E-state index in [1.807, 2.05) is 6.92 Å². The van der Waals surface area contributed by atoms with Crippen LogP contribution in [0.4, 0.5) is 0 Å². The molecule has 5 heteroatoms. The molecule has 2 rings (SSSR count). The van der Waals surface area contributed by atoms with E-state index >= 15 is 0 Å². The fraction of sp³-hybridized carbons (Fsp3) is 0.167. The quantitative estimate of drug-likeness (QED) is 0.795. The summed E-state index contributed by atoms with van der Waals surface area (Å²) in [7, 11) is 0. The molecule has 2 aromatic rings. The van der Waals surface area contributed by atoms with Gasteiger partial charge in [0.1, 0.15) is 11.5 Å². The summed E-state index contributed by atoms with van der Waals surface area (Å²) in [5.41, 5.74) is 1.80. The second-order valence-electron chi connectivity index (χ2n) is 3.68. The number of hydrogen-bond donors (Lipinski definition) is 2. The Labute approximate surface area is 98.4 Å². The molecule has 0 saturated carbocycles. The van der Waals surface area contributed by atoms with Gasteiger partial charge < -0.3 is 10.2 Å². The van der Waals surface area contributed by atoms with E-state index in [4.69, 9.17) is 0 Å². The SMILES string of the molecule is C=C(O)c1cc(C(=C)CC)n2c(O)cnc2n1. The lowest BCUT2D eigenvalue weighted by Crippen LogP contribution is -2.01. The molecule has 0 fully saturated rings. The standard InChI is InChI=1S/C12H13N3O2/c1-4-7(2)10-5-9(8(3)16)14-12-13-6-11(17)15(10)12/h5-6,16-17H,2-4H2,1H3. The van der Waals surface area contributed by atoms with Crippen molar-refractivity contribution in [2.45, 2.75) is 13.3 Å². The molecule has 0 amide bonds. The van der Waals surface area contributed by atoms with E-state index in [-0.39, 0.29) is 11.6 Å².